The van der Waals surface area contributed by atoms with E-state index in [4.69, 9.17) is 5.73 Å². The van der Waals surface area contributed by atoms with E-state index < -0.39 is 0 Å². The summed E-state index contributed by atoms with van der Waals surface area (Å²) in [6.45, 7) is 2.74. The Morgan fingerprint density at radius 3 is 2.95 bits per heavy atom. The number of amides is 1. The molecule has 1 aromatic carbocycles. The maximum Gasteiger partial charge on any atom is 0.256 e. The summed E-state index contributed by atoms with van der Waals surface area (Å²) in [6.07, 6.45) is 6.40. The number of carbonyl (C=O) groups is 1. The largest absolute Gasteiger partial charge is 0.334 e. The van der Waals surface area contributed by atoms with Crippen LogP contribution in [0.2, 0.25) is 0 Å². The number of piperidine rings is 1. The van der Waals surface area contributed by atoms with Crippen molar-refractivity contribution in [2.75, 3.05) is 6.54 Å². The quantitative estimate of drug-likeness (QED) is 0.915. The van der Waals surface area contributed by atoms with Gasteiger partial charge in [0.1, 0.15) is 5.52 Å². The molecule has 1 aliphatic rings. The van der Waals surface area contributed by atoms with Crippen molar-refractivity contribution in [1.82, 2.24) is 14.9 Å². The number of nitrogens with two attached hydrogens (primary N) is 1. The number of para-hydroxylation sites is 1. The van der Waals surface area contributed by atoms with Crippen LogP contribution in [0.1, 0.15) is 36.5 Å². The lowest BCUT2D eigenvalue weighted by Crippen LogP contribution is -2.51. The first-order valence-electron chi connectivity index (χ1n) is 7.45. The number of nitrogens with zero attached hydrogens (tertiary/aromatic N) is 3. The minimum Gasteiger partial charge on any atom is -0.334 e. The monoisotopic (exact) mass is 284 g/mol. The number of fused-ring (bicyclic) bond motifs is 1. The van der Waals surface area contributed by atoms with Crippen LogP contribution in [0.5, 0.6) is 0 Å². The Balaban J connectivity index is 1.99. The summed E-state index contributed by atoms with van der Waals surface area (Å²) in [7, 11) is 0. The summed E-state index contributed by atoms with van der Waals surface area (Å²) in [5.41, 5.74) is 8.10. The van der Waals surface area contributed by atoms with E-state index in [1.165, 1.54) is 0 Å². The Bertz CT molecular complexity index is 650. The SMILES string of the molecule is CC(N)C1CCCCN1C(=O)c1cccc2nccnc12. The molecule has 1 fully saturated rings. The van der Waals surface area contributed by atoms with Gasteiger partial charge in [0.15, 0.2) is 0 Å². The molecule has 2 N–H and O–H groups in total. The molecule has 2 atom stereocenters. The molecule has 5 heteroatoms. The first-order valence-corrected chi connectivity index (χ1v) is 7.45. The van der Waals surface area contributed by atoms with E-state index in [-0.39, 0.29) is 18.0 Å². The zero-order valence-electron chi connectivity index (χ0n) is 12.2. The summed E-state index contributed by atoms with van der Waals surface area (Å²) in [5.74, 6) is 0.0168. The zero-order chi connectivity index (χ0) is 14.8. The zero-order valence-corrected chi connectivity index (χ0v) is 12.2. The van der Waals surface area contributed by atoms with Crippen LogP contribution in [0, 0.1) is 0 Å². The minimum atomic E-state index is -0.0182. The highest BCUT2D eigenvalue weighted by atomic mass is 16.2. The van der Waals surface area contributed by atoms with Crippen molar-refractivity contribution in [3.63, 3.8) is 0 Å². The highest BCUT2D eigenvalue weighted by Crippen LogP contribution is 2.23. The average molecular weight is 284 g/mol. The first-order chi connectivity index (χ1) is 10.2. The van der Waals surface area contributed by atoms with Crippen molar-refractivity contribution in [1.29, 1.82) is 0 Å². The van der Waals surface area contributed by atoms with Gasteiger partial charge in [-0.25, -0.2) is 0 Å². The fourth-order valence-corrected chi connectivity index (χ4v) is 3.08. The van der Waals surface area contributed by atoms with E-state index in [1.54, 1.807) is 12.4 Å². The maximum absolute atomic E-state index is 12.9. The number of carbonyl (C=O) groups excluding carboxylic acids is 1. The average Bonchev–Trinajstić information content (AvgIpc) is 2.53. The van der Waals surface area contributed by atoms with Gasteiger partial charge in [0.05, 0.1) is 11.1 Å². The van der Waals surface area contributed by atoms with E-state index in [1.807, 2.05) is 30.0 Å². The van der Waals surface area contributed by atoms with Crippen LogP contribution in [-0.4, -0.2) is 39.4 Å². The molecule has 1 aliphatic heterocycles. The molecule has 0 spiro atoms. The summed E-state index contributed by atoms with van der Waals surface area (Å²) >= 11 is 0. The Labute approximate surface area is 124 Å². The van der Waals surface area contributed by atoms with Gasteiger partial charge in [-0.2, -0.15) is 0 Å². The third kappa shape index (κ3) is 2.61. The van der Waals surface area contributed by atoms with Gasteiger partial charge < -0.3 is 10.6 Å². The van der Waals surface area contributed by atoms with Crippen LogP contribution >= 0.6 is 0 Å². The van der Waals surface area contributed by atoms with Gasteiger partial charge in [-0.3, -0.25) is 14.8 Å². The van der Waals surface area contributed by atoms with Gasteiger partial charge in [0.2, 0.25) is 0 Å². The second kappa shape index (κ2) is 5.77. The van der Waals surface area contributed by atoms with Gasteiger partial charge in [-0.1, -0.05) is 6.07 Å². The lowest BCUT2D eigenvalue weighted by atomic mass is 9.96. The summed E-state index contributed by atoms with van der Waals surface area (Å²) in [5, 5.41) is 0. The molecule has 1 saturated heterocycles. The Hall–Kier alpha value is -2.01. The number of hydrogen-bond acceptors (Lipinski definition) is 4. The number of likely N-dealkylation sites (tertiary alicyclic amines) is 1. The van der Waals surface area contributed by atoms with E-state index in [0.717, 1.165) is 31.3 Å². The molecule has 0 aliphatic carbocycles. The van der Waals surface area contributed by atoms with Gasteiger partial charge in [-0.05, 0) is 38.3 Å². The first kappa shape index (κ1) is 13.9. The van der Waals surface area contributed by atoms with Crippen LogP contribution in [0.25, 0.3) is 11.0 Å². The molecule has 110 valence electrons. The van der Waals surface area contributed by atoms with Crippen molar-refractivity contribution in [3.8, 4) is 0 Å². The topological polar surface area (TPSA) is 72.1 Å². The number of rotatable bonds is 2. The van der Waals surface area contributed by atoms with Crippen molar-refractivity contribution in [2.24, 2.45) is 5.73 Å². The Morgan fingerprint density at radius 1 is 1.33 bits per heavy atom. The third-order valence-corrected chi connectivity index (χ3v) is 4.15. The van der Waals surface area contributed by atoms with Crippen molar-refractivity contribution >= 4 is 16.9 Å². The second-order valence-corrected chi connectivity index (χ2v) is 5.65. The highest BCUT2D eigenvalue weighted by Gasteiger charge is 2.30. The van der Waals surface area contributed by atoms with E-state index >= 15 is 0 Å². The number of hydrogen-bond donors (Lipinski definition) is 1. The molecule has 0 bridgehead atoms. The highest BCUT2D eigenvalue weighted by molar-refractivity contribution is 6.04. The van der Waals surface area contributed by atoms with Crippen LogP contribution in [0.15, 0.2) is 30.6 Å². The van der Waals surface area contributed by atoms with E-state index in [0.29, 0.717) is 11.1 Å². The van der Waals surface area contributed by atoms with Crippen LogP contribution in [0.3, 0.4) is 0 Å². The van der Waals surface area contributed by atoms with E-state index in [2.05, 4.69) is 9.97 Å². The normalized spacial score (nSPS) is 20.5. The molecule has 1 aromatic heterocycles. The van der Waals surface area contributed by atoms with Gasteiger partial charge in [-0.15, -0.1) is 0 Å². The van der Waals surface area contributed by atoms with Gasteiger partial charge >= 0.3 is 0 Å². The molecule has 2 heterocycles. The minimum absolute atomic E-state index is 0.0168. The smallest absolute Gasteiger partial charge is 0.256 e. The van der Waals surface area contributed by atoms with Crippen LogP contribution < -0.4 is 5.73 Å². The Kier molecular flexibility index (Phi) is 3.84. The number of aromatic nitrogens is 2. The Morgan fingerprint density at radius 2 is 2.14 bits per heavy atom. The standard InChI is InChI=1S/C16H20N4O/c1-11(17)14-7-2-3-10-20(14)16(21)12-5-4-6-13-15(12)19-9-8-18-13/h4-6,8-9,11,14H,2-3,7,10,17H2,1H3. The molecule has 0 radical (unpaired) electrons. The van der Waals surface area contributed by atoms with E-state index in [9.17, 15) is 4.79 Å². The summed E-state index contributed by atoms with van der Waals surface area (Å²) < 4.78 is 0. The predicted molar refractivity (Wildman–Crippen MR) is 81.9 cm³/mol. The molecular weight excluding hydrogens is 264 g/mol. The van der Waals surface area contributed by atoms with Crippen molar-refractivity contribution < 1.29 is 4.79 Å². The molecule has 1 amide bonds. The maximum atomic E-state index is 12.9. The van der Waals surface area contributed by atoms with Gasteiger partial charge in [0.25, 0.3) is 5.91 Å². The lowest BCUT2D eigenvalue weighted by molar-refractivity contribution is 0.0585. The molecule has 5 nitrogen and oxygen atoms in total. The fraction of sp³-hybridized carbons (Fsp3) is 0.438. The predicted octanol–water partition coefficient (Wildman–Crippen LogP) is 1.97. The van der Waals surface area contributed by atoms with Gasteiger partial charge in [0, 0.05) is 31.0 Å². The van der Waals surface area contributed by atoms with Crippen molar-refractivity contribution in [3.05, 3.63) is 36.2 Å². The molecule has 3 rings (SSSR count). The number of benzene rings is 1. The molecule has 21 heavy (non-hydrogen) atoms. The van der Waals surface area contributed by atoms with Crippen molar-refractivity contribution in [2.45, 2.75) is 38.3 Å². The fourth-order valence-electron chi connectivity index (χ4n) is 3.08. The molecule has 2 aromatic rings. The lowest BCUT2D eigenvalue weighted by Gasteiger charge is -2.38. The van der Waals surface area contributed by atoms with Crippen LogP contribution in [-0.2, 0) is 0 Å². The molecular formula is C16H20N4O. The molecule has 0 saturated carbocycles. The molecule has 2 unspecified atom stereocenters. The summed E-state index contributed by atoms with van der Waals surface area (Å²) in [4.78, 5) is 23.4. The summed E-state index contributed by atoms with van der Waals surface area (Å²) in [6, 6.07) is 5.65. The third-order valence-electron chi connectivity index (χ3n) is 4.15. The second-order valence-electron chi connectivity index (χ2n) is 5.65. The van der Waals surface area contributed by atoms with Crippen LogP contribution in [0.4, 0.5) is 0 Å².